The highest BCUT2D eigenvalue weighted by atomic mass is 16.5. The molecule has 0 spiro atoms. The Labute approximate surface area is 164 Å². The Balaban J connectivity index is 1.74. The number of nitrogens with zero attached hydrogens (tertiary/aromatic N) is 3. The van der Waals surface area contributed by atoms with E-state index in [-0.39, 0.29) is 23.5 Å². The average molecular weight is 383 g/mol. The van der Waals surface area contributed by atoms with E-state index in [4.69, 9.17) is 9.47 Å². The maximum Gasteiger partial charge on any atom is 0.358 e. The van der Waals surface area contributed by atoms with Gasteiger partial charge < -0.3 is 14.4 Å². The van der Waals surface area contributed by atoms with Crippen LogP contribution in [0.15, 0.2) is 36.7 Å². The average Bonchev–Trinajstić information content (AvgIpc) is 2.72. The molecule has 1 aliphatic rings. The Morgan fingerprint density at radius 1 is 1.25 bits per heavy atom. The van der Waals surface area contributed by atoms with Gasteiger partial charge in [-0.3, -0.25) is 9.78 Å². The summed E-state index contributed by atoms with van der Waals surface area (Å²) in [5.74, 6) is 0.700. The van der Waals surface area contributed by atoms with Gasteiger partial charge in [-0.1, -0.05) is 12.1 Å². The third-order valence-electron chi connectivity index (χ3n) is 4.62. The molecule has 1 atom stereocenters. The van der Waals surface area contributed by atoms with E-state index in [0.29, 0.717) is 23.7 Å². The lowest BCUT2D eigenvalue weighted by molar-refractivity contribution is 0.0593. The number of esters is 1. The molecule has 3 rings (SSSR count). The molecule has 1 saturated heterocycles. The van der Waals surface area contributed by atoms with E-state index < -0.39 is 5.97 Å². The van der Waals surface area contributed by atoms with Crippen LogP contribution < -0.4 is 9.64 Å². The number of rotatable bonds is 6. The summed E-state index contributed by atoms with van der Waals surface area (Å²) in [7, 11) is 1.31. The molecular weight excluding hydrogens is 358 g/mol. The van der Waals surface area contributed by atoms with Crippen molar-refractivity contribution >= 4 is 17.6 Å². The maximum absolute atomic E-state index is 13.0. The first-order valence-electron chi connectivity index (χ1n) is 9.44. The van der Waals surface area contributed by atoms with Gasteiger partial charge in [0, 0.05) is 24.6 Å². The monoisotopic (exact) mass is 383 g/mol. The lowest BCUT2D eigenvalue weighted by atomic mass is 9.90. The zero-order valence-electron chi connectivity index (χ0n) is 16.4. The molecule has 1 aliphatic heterocycles. The minimum atomic E-state index is -0.527. The molecule has 148 valence electrons. The van der Waals surface area contributed by atoms with Gasteiger partial charge >= 0.3 is 5.97 Å². The van der Waals surface area contributed by atoms with Crippen LogP contribution in [-0.4, -0.2) is 48.0 Å². The van der Waals surface area contributed by atoms with Crippen LogP contribution in [0.5, 0.6) is 5.75 Å². The number of benzene rings is 1. The first kappa shape index (κ1) is 19.8. The molecule has 1 aromatic carbocycles. The van der Waals surface area contributed by atoms with Crippen LogP contribution >= 0.6 is 0 Å². The Kier molecular flexibility index (Phi) is 6.23. The van der Waals surface area contributed by atoms with Crippen molar-refractivity contribution in [1.82, 2.24) is 9.97 Å². The first-order valence-corrected chi connectivity index (χ1v) is 9.44. The number of methoxy groups -OCH3 is 1. The van der Waals surface area contributed by atoms with E-state index in [9.17, 15) is 9.59 Å². The number of Topliss-reactive ketones (excluding diaryl/α,β-unsaturated/α-hetero) is 1. The zero-order valence-corrected chi connectivity index (χ0v) is 16.4. The Bertz CT molecular complexity index is 853. The van der Waals surface area contributed by atoms with Crippen molar-refractivity contribution in [3.63, 3.8) is 0 Å². The normalized spacial score (nSPS) is 16.7. The van der Waals surface area contributed by atoms with Crippen LogP contribution in [0.1, 0.15) is 47.5 Å². The van der Waals surface area contributed by atoms with E-state index in [0.717, 1.165) is 19.4 Å². The highest BCUT2D eigenvalue weighted by molar-refractivity contribution is 5.98. The second kappa shape index (κ2) is 8.82. The van der Waals surface area contributed by atoms with Crippen LogP contribution in [0, 0.1) is 5.92 Å². The third kappa shape index (κ3) is 4.65. The van der Waals surface area contributed by atoms with Crippen LogP contribution in [0.3, 0.4) is 0 Å². The Morgan fingerprint density at radius 3 is 2.82 bits per heavy atom. The van der Waals surface area contributed by atoms with Crippen LogP contribution in [0.25, 0.3) is 0 Å². The number of anilines is 1. The highest BCUT2D eigenvalue weighted by Gasteiger charge is 2.28. The molecule has 2 heterocycles. The predicted octanol–water partition coefficient (Wildman–Crippen LogP) is 3.15. The number of ketones is 1. The SMILES string of the molecule is COC(=O)c1cncc(N2CCC[C@@H](C(=O)c3cccc(OC(C)C)c3)C2)n1. The summed E-state index contributed by atoms with van der Waals surface area (Å²) in [6, 6.07) is 7.33. The Morgan fingerprint density at radius 2 is 2.07 bits per heavy atom. The molecule has 0 amide bonds. The zero-order chi connectivity index (χ0) is 20.1. The van der Waals surface area contributed by atoms with Gasteiger partial charge in [0.2, 0.25) is 0 Å². The van der Waals surface area contributed by atoms with Crippen molar-refractivity contribution in [2.75, 3.05) is 25.1 Å². The number of carbonyl (C=O) groups is 2. The molecule has 0 unspecified atom stereocenters. The number of carbonyl (C=O) groups excluding carboxylic acids is 2. The molecule has 7 nitrogen and oxygen atoms in total. The molecular formula is C21H25N3O4. The summed E-state index contributed by atoms with van der Waals surface area (Å²) in [6.45, 7) is 5.21. The van der Waals surface area contributed by atoms with E-state index >= 15 is 0 Å². The third-order valence-corrected chi connectivity index (χ3v) is 4.62. The van der Waals surface area contributed by atoms with Crippen molar-refractivity contribution in [3.8, 4) is 5.75 Å². The van der Waals surface area contributed by atoms with Crippen molar-refractivity contribution in [2.24, 2.45) is 5.92 Å². The topological polar surface area (TPSA) is 81.6 Å². The minimum Gasteiger partial charge on any atom is -0.491 e. The second-order valence-corrected chi connectivity index (χ2v) is 7.10. The summed E-state index contributed by atoms with van der Waals surface area (Å²) in [5.41, 5.74) is 0.811. The first-order chi connectivity index (χ1) is 13.5. The van der Waals surface area contributed by atoms with Crippen molar-refractivity contribution < 1.29 is 19.1 Å². The predicted molar refractivity (Wildman–Crippen MR) is 105 cm³/mol. The fourth-order valence-corrected chi connectivity index (χ4v) is 3.34. The van der Waals surface area contributed by atoms with Gasteiger partial charge in [0.25, 0.3) is 0 Å². The molecule has 0 N–H and O–H groups in total. The van der Waals surface area contributed by atoms with E-state index in [1.807, 2.05) is 36.9 Å². The number of hydrogen-bond acceptors (Lipinski definition) is 7. The van der Waals surface area contributed by atoms with Gasteiger partial charge in [-0.2, -0.15) is 0 Å². The van der Waals surface area contributed by atoms with Gasteiger partial charge in [0.15, 0.2) is 11.5 Å². The molecule has 0 radical (unpaired) electrons. The maximum atomic E-state index is 13.0. The van der Waals surface area contributed by atoms with Crippen LogP contribution in [-0.2, 0) is 4.74 Å². The molecule has 0 bridgehead atoms. The summed E-state index contributed by atoms with van der Waals surface area (Å²) in [6.07, 6.45) is 4.71. The van der Waals surface area contributed by atoms with Gasteiger partial charge in [-0.25, -0.2) is 9.78 Å². The highest BCUT2D eigenvalue weighted by Crippen LogP contribution is 2.26. The van der Waals surface area contributed by atoms with Crippen molar-refractivity contribution in [2.45, 2.75) is 32.8 Å². The summed E-state index contributed by atoms with van der Waals surface area (Å²) < 4.78 is 10.4. The molecule has 1 aromatic heterocycles. The fraction of sp³-hybridized carbons (Fsp3) is 0.429. The van der Waals surface area contributed by atoms with Crippen LogP contribution in [0.4, 0.5) is 5.82 Å². The fourth-order valence-electron chi connectivity index (χ4n) is 3.34. The molecule has 0 aliphatic carbocycles. The number of aromatic nitrogens is 2. The molecule has 7 heteroatoms. The van der Waals surface area contributed by atoms with Gasteiger partial charge in [0.1, 0.15) is 11.6 Å². The van der Waals surface area contributed by atoms with E-state index in [1.54, 1.807) is 12.3 Å². The number of hydrogen-bond donors (Lipinski definition) is 0. The minimum absolute atomic E-state index is 0.0520. The summed E-state index contributed by atoms with van der Waals surface area (Å²) >= 11 is 0. The van der Waals surface area contributed by atoms with Crippen molar-refractivity contribution in [3.05, 3.63) is 47.9 Å². The number of piperidine rings is 1. The molecule has 28 heavy (non-hydrogen) atoms. The molecule has 0 saturated carbocycles. The Hall–Kier alpha value is -2.96. The summed E-state index contributed by atoms with van der Waals surface area (Å²) in [5, 5.41) is 0. The van der Waals surface area contributed by atoms with Gasteiger partial charge in [-0.05, 0) is 38.8 Å². The lowest BCUT2D eigenvalue weighted by Crippen LogP contribution is -2.39. The van der Waals surface area contributed by atoms with Gasteiger partial charge in [-0.15, -0.1) is 0 Å². The van der Waals surface area contributed by atoms with Crippen molar-refractivity contribution in [1.29, 1.82) is 0 Å². The van der Waals surface area contributed by atoms with Crippen LogP contribution in [0.2, 0.25) is 0 Å². The molecule has 1 fully saturated rings. The second-order valence-electron chi connectivity index (χ2n) is 7.10. The van der Waals surface area contributed by atoms with E-state index in [1.165, 1.54) is 13.3 Å². The summed E-state index contributed by atoms with van der Waals surface area (Å²) in [4.78, 5) is 35.2. The van der Waals surface area contributed by atoms with E-state index in [2.05, 4.69) is 9.97 Å². The largest absolute Gasteiger partial charge is 0.491 e. The lowest BCUT2D eigenvalue weighted by Gasteiger charge is -2.32. The van der Waals surface area contributed by atoms with Gasteiger partial charge in [0.05, 0.1) is 25.6 Å². The quantitative estimate of drug-likeness (QED) is 0.560. The number of ether oxygens (including phenoxy) is 2. The standard InChI is InChI=1S/C21H25N3O4/c1-14(2)28-17-8-4-6-15(10-17)20(25)16-7-5-9-24(13-16)19-12-22-11-18(23-19)21(26)27-3/h4,6,8,10-12,14,16H,5,7,9,13H2,1-3H3/t16-/m1/s1. The smallest absolute Gasteiger partial charge is 0.358 e. The molecule has 2 aromatic rings.